The first-order valence-corrected chi connectivity index (χ1v) is 9.04. The van der Waals surface area contributed by atoms with E-state index in [-0.39, 0.29) is 6.54 Å². The number of hydrogen-bond acceptors (Lipinski definition) is 7. The zero-order chi connectivity index (χ0) is 20.7. The van der Waals surface area contributed by atoms with Crippen LogP contribution in [-0.2, 0) is 19.2 Å². The van der Waals surface area contributed by atoms with Gasteiger partial charge in [-0.1, -0.05) is 6.42 Å². The summed E-state index contributed by atoms with van der Waals surface area (Å²) in [4.78, 5) is 46.4. The van der Waals surface area contributed by atoms with Gasteiger partial charge in [-0.05, 0) is 45.2 Å². The van der Waals surface area contributed by atoms with Crippen molar-refractivity contribution in [1.82, 2.24) is 16.0 Å². The number of carboxylic acids is 1. The maximum absolute atomic E-state index is 12.0. The number of nitrogens with two attached hydrogens (primary N) is 3. The number of unbranched alkanes of at least 4 members (excludes halogenated alkanes) is 2. The molecule has 3 amide bonds. The number of rotatable bonds is 15. The number of hydrogen-bond donors (Lipinski definition) is 7. The van der Waals surface area contributed by atoms with Gasteiger partial charge in [0.2, 0.25) is 17.7 Å². The molecule has 0 spiro atoms. The molecule has 0 aliphatic heterocycles. The monoisotopic (exact) mass is 388 g/mol. The lowest BCUT2D eigenvalue weighted by Crippen LogP contribution is -2.51. The lowest BCUT2D eigenvalue weighted by atomic mass is 10.1. The van der Waals surface area contributed by atoms with Crippen LogP contribution in [0.1, 0.15) is 38.5 Å². The summed E-state index contributed by atoms with van der Waals surface area (Å²) in [6.07, 6.45) is 3.49. The Labute approximate surface area is 158 Å². The Kier molecular flexibility index (Phi) is 13.6. The maximum Gasteiger partial charge on any atom is 0.322 e. The summed E-state index contributed by atoms with van der Waals surface area (Å²) in [5.41, 5.74) is 16.5. The molecule has 11 nitrogen and oxygen atoms in total. The molecule has 10 N–H and O–H groups in total. The summed E-state index contributed by atoms with van der Waals surface area (Å²) in [5, 5.41) is 15.8. The number of carbonyl (C=O) groups is 4. The largest absolute Gasteiger partial charge is 0.480 e. The molecule has 0 heterocycles. The highest BCUT2D eigenvalue weighted by atomic mass is 16.4. The number of aliphatic carboxylic acids is 1. The summed E-state index contributed by atoms with van der Waals surface area (Å²) in [6.45, 7) is 0.0846. The van der Waals surface area contributed by atoms with Crippen molar-refractivity contribution in [3.8, 4) is 0 Å². The third kappa shape index (κ3) is 12.7. The SMILES string of the molecule is NCCCCC(N)C(=O)NCC(=O)NC(CCCCN)C(=O)NCC(=O)O. The minimum atomic E-state index is -1.19. The van der Waals surface area contributed by atoms with Crippen molar-refractivity contribution >= 4 is 23.7 Å². The molecular formula is C16H32N6O5. The molecule has 0 fully saturated rings. The van der Waals surface area contributed by atoms with E-state index >= 15 is 0 Å². The topological polar surface area (TPSA) is 203 Å². The Bertz CT molecular complexity index is 488. The van der Waals surface area contributed by atoms with E-state index in [2.05, 4.69) is 16.0 Å². The van der Waals surface area contributed by atoms with E-state index in [9.17, 15) is 19.2 Å². The van der Waals surface area contributed by atoms with E-state index in [1.54, 1.807) is 0 Å². The molecule has 0 aromatic carbocycles. The van der Waals surface area contributed by atoms with Gasteiger partial charge >= 0.3 is 5.97 Å². The highest BCUT2D eigenvalue weighted by molar-refractivity contribution is 5.91. The number of amides is 3. The van der Waals surface area contributed by atoms with E-state index in [4.69, 9.17) is 22.3 Å². The van der Waals surface area contributed by atoms with Gasteiger partial charge in [-0.3, -0.25) is 19.2 Å². The molecule has 0 saturated heterocycles. The second-order valence-electron chi connectivity index (χ2n) is 6.12. The van der Waals surface area contributed by atoms with Crippen molar-refractivity contribution in [1.29, 1.82) is 0 Å². The second kappa shape index (κ2) is 14.9. The average Bonchev–Trinajstić information content (AvgIpc) is 2.63. The molecule has 156 valence electrons. The van der Waals surface area contributed by atoms with Gasteiger partial charge in [-0.25, -0.2) is 0 Å². The summed E-state index contributed by atoms with van der Waals surface area (Å²) in [5.74, 6) is -2.82. The molecule has 2 unspecified atom stereocenters. The van der Waals surface area contributed by atoms with E-state index in [1.807, 2.05) is 0 Å². The van der Waals surface area contributed by atoms with Crippen LogP contribution in [0.25, 0.3) is 0 Å². The van der Waals surface area contributed by atoms with E-state index in [1.165, 1.54) is 0 Å². The third-order valence-electron chi connectivity index (χ3n) is 3.74. The van der Waals surface area contributed by atoms with Crippen molar-refractivity contribution in [3.05, 3.63) is 0 Å². The molecule has 0 aliphatic carbocycles. The fraction of sp³-hybridized carbons (Fsp3) is 0.750. The predicted molar refractivity (Wildman–Crippen MR) is 99.4 cm³/mol. The fourth-order valence-electron chi connectivity index (χ4n) is 2.23. The quantitative estimate of drug-likeness (QED) is 0.147. The van der Waals surface area contributed by atoms with Gasteiger partial charge in [0.15, 0.2) is 0 Å². The first-order valence-electron chi connectivity index (χ1n) is 9.04. The van der Waals surface area contributed by atoms with Crippen molar-refractivity contribution in [2.45, 2.75) is 50.6 Å². The summed E-state index contributed by atoms with van der Waals surface area (Å²) in [7, 11) is 0. The Morgan fingerprint density at radius 2 is 1.37 bits per heavy atom. The zero-order valence-electron chi connectivity index (χ0n) is 15.5. The average molecular weight is 388 g/mol. The van der Waals surface area contributed by atoms with E-state index in [0.29, 0.717) is 45.2 Å². The smallest absolute Gasteiger partial charge is 0.322 e. The second-order valence-corrected chi connectivity index (χ2v) is 6.12. The van der Waals surface area contributed by atoms with Crippen LogP contribution in [0.15, 0.2) is 0 Å². The molecule has 0 radical (unpaired) electrons. The minimum absolute atomic E-state index is 0.306. The standard InChI is InChI=1S/C16H32N6O5/c17-7-3-1-5-11(19)15(26)20-9-13(23)22-12(6-2-4-8-18)16(27)21-10-14(24)25/h11-12H,1-10,17-19H2,(H,20,26)(H,21,27)(H,22,23)(H,24,25). The van der Waals surface area contributed by atoms with Crippen LogP contribution in [0.5, 0.6) is 0 Å². The van der Waals surface area contributed by atoms with Crippen molar-refractivity contribution < 1.29 is 24.3 Å². The molecule has 0 saturated carbocycles. The molecule has 0 aliphatic rings. The van der Waals surface area contributed by atoms with Crippen LogP contribution in [-0.4, -0.2) is 67.1 Å². The molecule has 27 heavy (non-hydrogen) atoms. The van der Waals surface area contributed by atoms with Crippen LogP contribution in [0.3, 0.4) is 0 Å². The van der Waals surface area contributed by atoms with Gasteiger partial charge in [-0.2, -0.15) is 0 Å². The number of carbonyl (C=O) groups excluding carboxylic acids is 3. The van der Waals surface area contributed by atoms with Crippen LogP contribution < -0.4 is 33.2 Å². The van der Waals surface area contributed by atoms with Gasteiger partial charge in [-0.15, -0.1) is 0 Å². The van der Waals surface area contributed by atoms with Gasteiger partial charge < -0.3 is 38.3 Å². The molecule has 0 rings (SSSR count). The molecular weight excluding hydrogens is 356 g/mol. The Morgan fingerprint density at radius 3 is 1.93 bits per heavy atom. The Morgan fingerprint density at radius 1 is 0.815 bits per heavy atom. The van der Waals surface area contributed by atoms with Crippen molar-refractivity contribution in [2.75, 3.05) is 26.2 Å². The predicted octanol–water partition coefficient (Wildman–Crippen LogP) is -2.63. The number of nitrogens with one attached hydrogen (secondary N) is 3. The van der Waals surface area contributed by atoms with Gasteiger partial charge in [0, 0.05) is 0 Å². The maximum atomic E-state index is 12.0. The zero-order valence-corrected chi connectivity index (χ0v) is 15.5. The molecule has 0 bridgehead atoms. The molecule has 0 aromatic heterocycles. The van der Waals surface area contributed by atoms with E-state index in [0.717, 1.165) is 6.42 Å². The molecule has 0 aromatic rings. The van der Waals surface area contributed by atoms with Crippen LogP contribution in [0.4, 0.5) is 0 Å². The van der Waals surface area contributed by atoms with E-state index < -0.39 is 42.3 Å². The number of carboxylic acid groups (broad SMARTS) is 1. The first-order chi connectivity index (χ1) is 12.8. The molecule has 11 heteroatoms. The Balaban J connectivity index is 4.45. The van der Waals surface area contributed by atoms with Crippen molar-refractivity contribution in [3.63, 3.8) is 0 Å². The van der Waals surface area contributed by atoms with Crippen LogP contribution >= 0.6 is 0 Å². The third-order valence-corrected chi connectivity index (χ3v) is 3.74. The van der Waals surface area contributed by atoms with Crippen LogP contribution in [0, 0.1) is 0 Å². The summed E-state index contributed by atoms with van der Waals surface area (Å²) in [6, 6.07) is -1.64. The van der Waals surface area contributed by atoms with Crippen LogP contribution in [0.2, 0.25) is 0 Å². The lowest BCUT2D eigenvalue weighted by molar-refractivity contribution is -0.138. The summed E-state index contributed by atoms with van der Waals surface area (Å²) < 4.78 is 0. The normalized spacial score (nSPS) is 12.7. The fourth-order valence-corrected chi connectivity index (χ4v) is 2.23. The van der Waals surface area contributed by atoms with Crippen molar-refractivity contribution in [2.24, 2.45) is 17.2 Å². The van der Waals surface area contributed by atoms with Gasteiger partial charge in [0.25, 0.3) is 0 Å². The highest BCUT2D eigenvalue weighted by Crippen LogP contribution is 2.01. The Hall–Kier alpha value is -2.24. The van der Waals surface area contributed by atoms with Gasteiger partial charge in [0.1, 0.15) is 12.6 Å². The molecule has 2 atom stereocenters. The first kappa shape index (κ1) is 24.8. The highest BCUT2D eigenvalue weighted by Gasteiger charge is 2.21. The lowest BCUT2D eigenvalue weighted by Gasteiger charge is -2.18. The minimum Gasteiger partial charge on any atom is -0.480 e. The van der Waals surface area contributed by atoms with Gasteiger partial charge in [0.05, 0.1) is 12.6 Å². The summed E-state index contributed by atoms with van der Waals surface area (Å²) >= 11 is 0.